The molecule has 0 bridgehead atoms. The normalized spacial score (nSPS) is 17.0. The van der Waals surface area contributed by atoms with Crippen LogP contribution in [0.5, 0.6) is 0 Å². The molecule has 2 rings (SSSR count). The predicted molar refractivity (Wildman–Crippen MR) is 81.5 cm³/mol. The fourth-order valence-electron chi connectivity index (χ4n) is 2.82. The molecule has 0 aromatic heterocycles. The molecule has 1 amide bonds. The van der Waals surface area contributed by atoms with Gasteiger partial charge in [-0.25, -0.2) is 4.39 Å². The molecule has 1 aliphatic heterocycles. The van der Waals surface area contributed by atoms with Crippen molar-refractivity contribution in [2.45, 2.75) is 19.4 Å². The van der Waals surface area contributed by atoms with Crippen LogP contribution >= 0.6 is 0 Å². The number of carbonyl (C=O) groups excluding carboxylic acids is 1. The van der Waals surface area contributed by atoms with Gasteiger partial charge in [0, 0.05) is 32.2 Å². The monoisotopic (exact) mass is 293 g/mol. The molecule has 5 heteroatoms. The SMILES string of the molecule is CCC(c1ccc(F)cc1)N(C)CC(=O)N1CCNCC1. The van der Waals surface area contributed by atoms with Crippen LogP contribution in [0.1, 0.15) is 24.9 Å². The number of likely N-dealkylation sites (N-methyl/N-ethyl adjacent to an activating group) is 1. The number of hydrogen-bond acceptors (Lipinski definition) is 3. The Kier molecular flexibility index (Phi) is 5.70. The van der Waals surface area contributed by atoms with Gasteiger partial charge in [0.1, 0.15) is 5.82 Å². The van der Waals surface area contributed by atoms with E-state index in [0.717, 1.165) is 38.2 Å². The zero-order valence-corrected chi connectivity index (χ0v) is 12.8. The quantitative estimate of drug-likeness (QED) is 0.896. The largest absolute Gasteiger partial charge is 0.339 e. The van der Waals surface area contributed by atoms with E-state index in [1.165, 1.54) is 12.1 Å². The smallest absolute Gasteiger partial charge is 0.236 e. The third kappa shape index (κ3) is 4.25. The van der Waals surface area contributed by atoms with Crippen molar-refractivity contribution in [3.63, 3.8) is 0 Å². The number of hydrogen-bond donors (Lipinski definition) is 1. The van der Waals surface area contributed by atoms with Crippen LogP contribution in [0, 0.1) is 5.82 Å². The summed E-state index contributed by atoms with van der Waals surface area (Å²) in [6, 6.07) is 6.69. The van der Waals surface area contributed by atoms with Crippen LogP contribution in [0.15, 0.2) is 24.3 Å². The number of piperazine rings is 1. The van der Waals surface area contributed by atoms with Crippen molar-refractivity contribution >= 4 is 5.91 Å². The van der Waals surface area contributed by atoms with Gasteiger partial charge in [0.15, 0.2) is 0 Å². The van der Waals surface area contributed by atoms with E-state index in [-0.39, 0.29) is 17.8 Å². The number of halogens is 1. The van der Waals surface area contributed by atoms with Crippen LogP contribution in [-0.4, -0.2) is 55.5 Å². The Balaban J connectivity index is 1.97. The molecule has 1 heterocycles. The van der Waals surface area contributed by atoms with E-state index in [9.17, 15) is 9.18 Å². The average Bonchev–Trinajstić information content (AvgIpc) is 2.50. The average molecular weight is 293 g/mol. The molecule has 1 aromatic carbocycles. The predicted octanol–water partition coefficient (Wildman–Crippen LogP) is 1.64. The van der Waals surface area contributed by atoms with Gasteiger partial charge in [0.2, 0.25) is 5.91 Å². The molecule has 1 aliphatic rings. The lowest BCUT2D eigenvalue weighted by Crippen LogP contribution is -2.49. The van der Waals surface area contributed by atoms with Crippen molar-refractivity contribution in [1.29, 1.82) is 0 Å². The molecular formula is C16H24FN3O. The summed E-state index contributed by atoms with van der Waals surface area (Å²) >= 11 is 0. The Morgan fingerprint density at radius 3 is 2.52 bits per heavy atom. The highest BCUT2D eigenvalue weighted by atomic mass is 19.1. The minimum Gasteiger partial charge on any atom is -0.339 e. The molecule has 1 saturated heterocycles. The minimum absolute atomic E-state index is 0.137. The Morgan fingerprint density at radius 2 is 1.95 bits per heavy atom. The van der Waals surface area contributed by atoms with Gasteiger partial charge < -0.3 is 10.2 Å². The molecular weight excluding hydrogens is 269 g/mol. The summed E-state index contributed by atoms with van der Waals surface area (Å²) in [6.07, 6.45) is 0.886. The molecule has 1 N–H and O–H groups in total. The van der Waals surface area contributed by atoms with Gasteiger partial charge in [0.25, 0.3) is 0 Å². The van der Waals surface area contributed by atoms with Crippen molar-refractivity contribution in [3.8, 4) is 0 Å². The first-order chi connectivity index (χ1) is 10.1. The van der Waals surface area contributed by atoms with Crippen LogP contribution in [0.25, 0.3) is 0 Å². The summed E-state index contributed by atoms with van der Waals surface area (Å²) in [5.41, 5.74) is 1.05. The lowest BCUT2D eigenvalue weighted by Gasteiger charge is -2.32. The van der Waals surface area contributed by atoms with Crippen LogP contribution in [0.2, 0.25) is 0 Å². The van der Waals surface area contributed by atoms with Crippen molar-refractivity contribution in [1.82, 2.24) is 15.1 Å². The molecule has 1 fully saturated rings. The zero-order chi connectivity index (χ0) is 15.2. The molecule has 0 saturated carbocycles. The number of benzene rings is 1. The van der Waals surface area contributed by atoms with Gasteiger partial charge in [-0.3, -0.25) is 9.69 Å². The fourth-order valence-corrected chi connectivity index (χ4v) is 2.82. The topological polar surface area (TPSA) is 35.6 Å². The number of amides is 1. The lowest BCUT2D eigenvalue weighted by atomic mass is 10.0. The maximum Gasteiger partial charge on any atom is 0.236 e. The minimum atomic E-state index is -0.229. The molecule has 1 unspecified atom stereocenters. The van der Waals surface area contributed by atoms with E-state index in [0.29, 0.717) is 6.54 Å². The van der Waals surface area contributed by atoms with E-state index >= 15 is 0 Å². The van der Waals surface area contributed by atoms with E-state index in [1.54, 1.807) is 12.1 Å². The fraction of sp³-hybridized carbons (Fsp3) is 0.562. The maximum atomic E-state index is 13.0. The molecule has 1 atom stereocenters. The molecule has 0 radical (unpaired) electrons. The van der Waals surface area contributed by atoms with Crippen LogP contribution in [0.4, 0.5) is 4.39 Å². The third-order valence-corrected chi connectivity index (χ3v) is 4.03. The number of carbonyl (C=O) groups is 1. The van der Waals surface area contributed by atoms with E-state index in [4.69, 9.17) is 0 Å². The van der Waals surface area contributed by atoms with Crippen LogP contribution in [-0.2, 0) is 4.79 Å². The summed E-state index contributed by atoms with van der Waals surface area (Å²) in [5.74, 6) is -0.0623. The van der Waals surface area contributed by atoms with Gasteiger partial charge in [0.05, 0.1) is 6.54 Å². The van der Waals surface area contributed by atoms with Crippen molar-refractivity contribution < 1.29 is 9.18 Å². The van der Waals surface area contributed by atoms with Crippen LogP contribution < -0.4 is 5.32 Å². The Labute approximate surface area is 125 Å². The summed E-state index contributed by atoms with van der Waals surface area (Å²) in [7, 11) is 1.96. The molecule has 1 aromatic rings. The highest BCUT2D eigenvalue weighted by molar-refractivity contribution is 5.78. The molecule has 0 spiro atoms. The summed E-state index contributed by atoms with van der Waals surface area (Å²) < 4.78 is 13.0. The van der Waals surface area contributed by atoms with Gasteiger partial charge in [-0.05, 0) is 31.2 Å². The molecule has 116 valence electrons. The summed E-state index contributed by atoms with van der Waals surface area (Å²) in [6.45, 7) is 5.77. The van der Waals surface area contributed by atoms with Crippen LogP contribution in [0.3, 0.4) is 0 Å². The van der Waals surface area contributed by atoms with E-state index in [1.807, 2.05) is 11.9 Å². The molecule has 0 aliphatic carbocycles. The van der Waals surface area contributed by atoms with Crippen molar-refractivity contribution in [2.24, 2.45) is 0 Å². The van der Waals surface area contributed by atoms with Gasteiger partial charge >= 0.3 is 0 Å². The second-order valence-corrected chi connectivity index (χ2v) is 5.52. The first-order valence-corrected chi connectivity index (χ1v) is 7.56. The second-order valence-electron chi connectivity index (χ2n) is 5.52. The third-order valence-electron chi connectivity index (χ3n) is 4.03. The van der Waals surface area contributed by atoms with E-state index in [2.05, 4.69) is 17.1 Å². The standard InChI is InChI=1S/C16H24FN3O/c1-3-15(13-4-6-14(17)7-5-13)19(2)12-16(21)20-10-8-18-9-11-20/h4-7,15,18H,3,8-12H2,1-2H3. The number of rotatable bonds is 5. The Morgan fingerprint density at radius 1 is 1.33 bits per heavy atom. The second kappa shape index (κ2) is 7.52. The number of nitrogens with one attached hydrogen (secondary N) is 1. The zero-order valence-electron chi connectivity index (χ0n) is 12.8. The molecule has 21 heavy (non-hydrogen) atoms. The van der Waals surface area contributed by atoms with Gasteiger partial charge in [-0.2, -0.15) is 0 Å². The molecule has 4 nitrogen and oxygen atoms in total. The summed E-state index contributed by atoms with van der Waals surface area (Å²) in [4.78, 5) is 16.3. The van der Waals surface area contributed by atoms with Crippen molar-refractivity contribution in [2.75, 3.05) is 39.8 Å². The number of nitrogens with zero attached hydrogens (tertiary/aromatic N) is 2. The lowest BCUT2D eigenvalue weighted by molar-refractivity contribution is -0.133. The highest BCUT2D eigenvalue weighted by Crippen LogP contribution is 2.23. The Bertz CT molecular complexity index is 457. The summed E-state index contributed by atoms with van der Waals surface area (Å²) in [5, 5.41) is 3.24. The first-order valence-electron chi connectivity index (χ1n) is 7.56. The van der Waals surface area contributed by atoms with E-state index < -0.39 is 0 Å². The first kappa shape index (κ1) is 15.9. The van der Waals surface area contributed by atoms with Gasteiger partial charge in [-0.1, -0.05) is 19.1 Å². The van der Waals surface area contributed by atoms with Crippen molar-refractivity contribution in [3.05, 3.63) is 35.6 Å². The Hall–Kier alpha value is -1.46. The maximum absolute atomic E-state index is 13.0. The highest BCUT2D eigenvalue weighted by Gasteiger charge is 2.22. The van der Waals surface area contributed by atoms with Gasteiger partial charge in [-0.15, -0.1) is 0 Å².